The molecule has 146 valence electrons. The monoisotopic (exact) mass is 393 g/mol. The first-order chi connectivity index (χ1) is 13.8. The molecule has 2 unspecified atom stereocenters. The molecule has 0 amide bonds. The van der Waals surface area contributed by atoms with Crippen LogP contribution in [0.5, 0.6) is 5.75 Å². The summed E-state index contributed by atoms with van der Waals surface area (Å²) in [6.07, 6.45) is 2.43. The molecule has 0 radical (unpaired) electrons. The maximum Gasteiger partial charge on any atom is 0.144 e. The van der Waals surface area contributed by atoms with Gasteiger partial charge in [0.15, 0.2) is 0 Å². The quantitative estimate of drug-likeness (QED) is 0.697. The van der Waals surface area contributed by atoms with Crippen molar-refractivity contribution in [2.45, 2.75) is 48.2 Å². The number of hydrogen-bond donors (Lipinski definition) is 2. The lowest BCUT2D eigenvalue weighted by atomic mass is 10.1. The number of nitrogens with one attached hydrogen (secondary N) is 2. The fraction of sp³-hybridized carbons (Fsp3) is 0.391. The first-order valence-corrected chi connectivity index (χ1v) is 11.1. The first-order valence-electron chi connectivity index (χ1n) is 10.2. The highest BCUT2D eigenvalue weighted by Gasteiger charge is 2.28. The third kappa shape index (κ3) is 3.43. The number of para-hydroxylation sites is 1. The van der Waals surface area contributed by atoms with E-state index in [1.807, 2.05) is 11.8 Å². The van der Waals surface area contributed by atoms with Gasteiger partial charge in [0.05, 0.1) is 12.1 Å². The number of nitrogens with zero attached hydrogens (tertiary/aromatic N) is 1. The minimum Gasteiger partial charge on any atom is -0.486 e. The molecule has 28 heavy (non-hydrogen) atoms. The zero-order chi connectivity index (χ0) is 18.9. The van der Waals surface area contributed by atoms with Gasteiger partial charge in [0, 0.05) is 39.9 Å². The summed E-state index contributed by atoms with van der Waals surface area (Å²) in [5.41, 5.74) is 2.60. The molecule has 2 aliphatic rings. The van der Waals surface area contributed by atoms with Crippen molar-refractivity contribution in [3.8, 4) is 5.75 Å². The topological polar surface area (TPSA) is 38.2 Å². The molecule has 2 aromatic carbocycles. The van der Waals surface area contributed by atoms with E-state index >= 15 is 0 Å². The lowest BCUT2D eigenvalue weighted by molar-refractivity contribution is 0.147. The van der Waals surface area contributed by atoms with E-state index < -0.39 is 0 Å². The average Bonchev–Trinajstić information content (AvgIpc) is 2.89. The second-order valence-corrected chi connectivity index (χ2v) is 8.86. The molecule has 1 aromatic heterocycles. The number of rotatable bonds is 4. The van der Waals surface area contributed by atoms with Crippen molar-refractivity contribution in [1.82, 2.24) is 15.2 Å². The van der Waals surface area contributed by atoms with Crippen molar-refractivity contribution >= 4 is 22.7 Å². The molecule has 3 heterocycles. The molecule has 2 aliphatic heterocycles. The van der Waals surface area contributed by atoms with Crippen molar-refractivity contribution in [2.75, 3.05) is 19.6 Å². The molecule has 1 saturated heterocycles. The van der Waals surface area contributed by atoms with Crippen LogP contribution in [0, 0.1) is 6.92 Å². The molecule has 0 saturated carbocycles. The van der Waals surface area contributed by atoms with Gasteiger partial charge in [-0.25, -0.2) is 0 Å². The lowest BCUT2D eigenvalue weighted by Crippen LogP contribution is -2.41. The summed E-state index contributed by atoms with van der Waals surface area (Å²) in [5.74, 6) is 1.03. The molecule has 4 nitrogen and oxygen atoms in total. The van der Waals surface area contributed by atoms with E-state index in [0.29, 0.717) is 6.04 Å². The van der Waals surface area contributed by atoms with Crippen molar-refractivity contribution in [3.63, 3.8) is 0 Å². The van der Waals surface area contributed by atoms with Crippen LogP contribution in [-0.2, 0) is 6.54 Å². The zero-order valence-electron chi connectivity index (χ0n) is 16.3. The van der Waals surface area contributed by atoms with Crippen LogP contribution in [0.1, 0.15) is 18.5 Å². The summed E-state index contributed by atoms with van der Waals surface area (Å²) in [6.45, 7) is 6.40. The van der Waals surface area contributed by atoms with E-state index in [1.165, 1.54) is 32.8 Å². The summed E-state index contributed by atoms with van der Waals surface area (Å²) < 4.78 is 8.95. The highest BCUT2D eigenvalue weighted by atomic mass is 32.2. The number of benzene rings is 2. The van der Waals surface area contributed by atoms with E-state index in [0.717, 1.165) is 38.3 Å². The molecule has 2 N–H and O–H groups in total. The number of hydrogen-bond acceptors (Lipinski definition) is 4. The largest absolute Gasteiger partial charge is 0.486 e. The Labute approximate surface area is 170 Å². The Morgan fingerprint density at radius 2 is 2.00 bits per heavy atom. The Balaban J connectivity index is 1.45. The van der Waals surface area contributed by atoms with Gasteiger partial charge in [-0.05, 0) is 44.6 Å². The first kappa shape index (κ1) is 18.1. The second-order valence-electron chi connectivity index (χ2n) is 7.78. The van der Waals surface area contributed by atoms with Gasteiger partial charge < -0.3 is 19.9 Å². The van der Waals surface area contributed by atoms with E-state index in [-0.39, 0.29) is 6.10 Å². The lowest BCUT2D eigenvalue weighted by Gasteiger charge is -2.29. The van der Waals surface area contributed by atoms with Crippen molar-refractivity contribution < 1.29 is 4.74 Å². The molecule has 5 rings (SSSR count). The smallest absolute Gasteiger partial charge is 0.144 e. The van der Waals surface area contributed by atoms with Gasteiger partial charge >= 0.3 is 0 Å². The van der Waals surface area contributed by atoms with Crippen LogP contribution in [-0.4, -0.2) is 36.3 Å². The third-order valence-corrected chi connectivity index (χ3v) is 7.02. The van der Waals surface area contributed by atoms with Gasteiger partial charge in [0.2, 0.25) is 0 Å². The van der Waals surface area contributed by atoms with Crippen LogP contribution in [0.25, 0.3) is 10.9 Å². The number of aromatic nitrogens is 1. The Hall–Kier alpha value is -1.95. The molecule has 0 spiro atoms. The molecule has 0 bridgehead atoms. The Kier molecular flexibility index (Phi) is 5.05. The highest BCUT2D eigenvalue weighted by Crippen LogP contribution is 2.43. The minimum atomic E-state index is 0.205. The van der Waals surface area contributed by atoms with E-state index in [2.05, 4.69) is 70.7 Å². The predicted octanol–water partition coefficient (Wildman–Crippen LogP) is 4.20. The summed E-state index contributed by atoms with van der Waals surface area (Å²) >= 11 is 1.86. The maximum atomic E-state index is 6.47. The van der Waals surface area contributed by atoms with Crippen LogP contribution in [0.2, 0.25) is 0 Å². The van der Waals surface area contributed by atoms with E-state index in [4.69, 9.17) is 4.74 Å². The number of ether oxygens (including phenoxy) is 1. The van der Waals surface area contributed by atoms with Gasteiger partial charge in [0.1, 0.15) is 11.9 Å². The summed E-state index contributed by atoms with van der Waals surface area (Å²) in [6, 6.07) is 17.6. The Bertz CT molecular complexity index is 961. The summed E-state index contributed by atoms with van der Waals surface area (Å²) in [7, 11) is 0. The van der Waals surface area contributed by atoms with Gasteiger partial charge in [-0.3, -0.25) is 0 Å². The predicted molar refractivity (Wildman–Crippen MR) is 116 cm³/mol. The average molecular weight is 394 g/mol. The van der Waals surface area contributed by atoms with Gasteiger partial charge in [-0.2, -0.15) is 0 Å². The maximum absolute atomic E-state index is 6.47. The minimum absolute atomic E-state index is 0.205. The normalized spacial score (nSPS) is 22.0. The standard InChI is InChI=1S/C23H27N3OS/c1-16-23(28-19-7-3-2-4-8-19)20-9-5-10-21-22(20)26(16)15-18(27-21)13-17-14-24-11-6-12-25-17/h2-5,7-10,17-18,24-25H,6,11-15H2,1H3. The SMILES string of the molecule is Cc1c(Sc2ccccc2)c2cccc3c2n1CC(CC1CNCCCN1)O3. The van der Waals surface area contributed by atoms with Crippen LogP contribution in [0.15, 0.2) is 58.3 Å². The van der Waals surface area contributed by atoms with Crippen LogP contribution >= 0.6 is 11.8 Å². The molecular formula is C23H27N3OS. The fourth-order valence-corrected chi connectivity index (χ4v) is 5.48. The fourth-order valence-electron chi connectivity index (χ4n) is 4.42. The Morgan fingerprint density at radius 3 is 2.89 bits per heavy atom. The van der Waals surface area contributed by atoms with Crippen LogP contribution in [0.4, 0.5) is 0 Å². The second kappa shape index (κ2) is 7.82. The molecule has 3 aromatic rings. The van der Waals surface area contributed by atoms with Crippen molar-refractivity contribution in [3.05, 3.63) is 54.2 Å². The van der Waals surface area contributed by atoms with Crippen LogP contribution in [0.3, 0.4) is 0 Å². The molecule has 5 heteroatoms. The zero-order valence-corrected chi connectivity index (χ0v) is 17.1. The molecule has 0 aliphatic carbocycles. The van der Waals surface area contributed by atoms with Crippen molar-refractivity contribution in [1.29, 1.82) is 0 Å². The molecule has 2 atom stereocenters. The third-order valence-electron chi connectivity index (χ3n) is 5.79. The summed E-state index contributed by atoms with van der Waals surface area (Å²) in [5, 5.41) is 8.52. The van der Waals surface area contributed by atoms with E-state index in [1.54, 1.807) is 0 Å². The van der Waals surface area contributed by atoms with Gasteiger partial charge in [-0.15, -0.1) is 0 Å². The van der Waals surface area contributed by atoms with Crippen LogP contribution < -0.4 is 15.4 Å². The van der Waals surface area contributed by atoms with E-state index in [9.17, 15) is 0 Å². The molecule has 1 fully saturated rings. The highest BCUT2D eigenvalue weighted by molar-refractivity contribution is 7.99. The Morgan fingerprint density at radius 1 is 1.11 bits per heavy atom. The summed E-state index contributed by atoms with van der Waals surface area (Å²) in [4.78, 5) is 2.63. The van der Waals surface area contributed by atoms with Gasteiger partial charge in [-0.1, -0.05) is 42.1 Å². The van der Waals surface area contributed by atoms with Gasteiger partial charge in [0.25, 0.3) is 0 Å². The van der Waals surface area contributed by atoms with Crippen molar-refractivity contribution in [2.24, 2.45) is 0 Å². The molecular weight excluding hydrogens is 366 g/mol.